The molecule has 1 saturated heterocycles. The number of carbonyl (C=O) groups excluding carboxylic acids is 1. The number of amides is 1. The van der Waals surface area contributed by atoms with E-state index in [1.54, 1.807) is 18.2 Å². The lowest BCUT2D eigenvalue weighted by molar-refractivity contribution is 0.102. The number of aromatic nitrogens is 2. The van der Waals surface area contributed by atoms with Crippen LogP contribution in [0.25, 0.3) is 0 Å². The first-order valence-electron chi connectivity index (χ1n) is 9.45. The number of sulfonamides is 1. The Morgan fingerprint density at radius 3 is 2.65 bits per heavy atom. The Hall–Kier alpha value is -2.89. The Kier molecular flexibility index (Phi) is 5.99. The third kappa shape index (κ3) is 4.29. The molecule has 1 N–H and O–H groups in total. The summed E-state index contributed by atoms with van der Waals surface area (Å²) in [4.78, 5) is 12.6. The van der Waals surface area contributed by atoms with Crippen molar-refractivity contribution < 1.29 is 22.3 Å². The zero-order valence-electron chi connectivity index (χ0n) is 16.5. The first-order valence-corrected chi connectivity index (χ1v) is 11.7. The second-order valence-electron chi connectivity index (χ2n) is 6.83. The Labute approximate surface area is 182 Å². The summed E-state index contributed by atoms with van der Waals surface area (Å²) in [5.41, 5.74) is 0.0360. The highest BCUT2D eigenvalue weighted by atomic mass is 32.2. The fourth-order valence-electron chi connectivity index (χ4n) is 3.36. The number of ether oxygens (including phenoxy) is 1. The quantitative estimate of drug-likeness (QED) is 0.602. The molecule has 1 aliphatic heterocycles. The van der Waals surface area contributed by atoms with Crippen LogP contribution in [-0.4, -0.2) is 42.5 Å². The Morgan fingerprint density at radius 2 is 1.94 bits per heavy atom. The summed E-state index contributed by atoms with van der Waals surface area (Å²) in [6.07, 6.45) is 1.23. The molecule has 31 heavy (non-hydrogen) atoms. The van der Waals surface area contributed by atoms with Crippen molar-refractivity contribution in [2.45, 2.75) is 23.8 Å². The third-order valence-electron chi connectivity index (χ3n) is 4.91. The molecule has 0 saturated carbocycles. The number of rotatable bonds is 6. The van der Waals surface area contributed by atoms with Crippen LogP contribution in [-0.2, 0) is 10.0 Å². The predicted molar refractivity (Wildman–Crippen MR) is 113 cm³/mol. The van der Waals surface area contributed by atoms with Crippen LogP contribution < -0.4 is 10.1 Å². The van der Waals surface area contributed by atoms with E-state index in [0.717, 1.165) is 11.3 Å². The van der Waals surface area contributed by atoms with Crippen LogP contribution in [0.1, 0.15) is 33.7 Å². The van der Waals surface area contributed by atoms with Gasteiger partial charge in [-0.3, -0.25) is 4.79 Å². The van der Waals surface area contributed by atoms with E-state index in [9.17, 15) is 17.6 Å². The lowest BCUT2D eigenvalue weighted by Gasteiger charge is -2.22. The van der Waals surface area contributed by atoms with Gasteiger partial charge in [0, 0.05) is 6.54 Å². The van der Waals surface area contributed by atoms with Crippen molar-refractivity contribution in [2.75, 3.05) is 19.0 Å². The second kappa shape index (κ2) is 8.69. The third-order valence-corrected chi connectivity index (χ3v) is 7.86. The van der Waals surface area contributed by atoms with Gasteiger partial charge in [0.05, 0.1) is 23.7 Å². The standard InChI is InChI=1S/C20H19FN4O4S2/c1-29-13-8-10-14(11-9-13)31(27,28)25-12-4-7-17(25)19-23-24-20(30-19)18(26)22-16-6-3-2-5-15(16)21/h2-3,5-6,8-11,17H,4,7,12H2,1H3,(H,22,26). The van der Waals surface area contributed by atoms with Crippen molar-refractivity contribution in [1.29, 1.82) is 0 Å². The molecule has 1 aromatic heterocycles. The number of anilines is 1. The van der Waals surface area contributed by atoms with Crippen LogP contribution in [0, 0.1) is 5.82 Å². The lowest BCUT2D eigenvalue weighted by Crippen LogP contribution is -2.30. The van der Waals surface area contributed by atoms with E-state index in [2.05, 4.69) is 15.5 Å². The van der Waals surface area contributed by atoms with Crippen molar-refractivity contribution in [3.63, 3.8) is 0 Å². The Balaban J connectivity index is 1.54. The summed E-state index contributed by atoms with van der Waals surface area (Å²) >= 11 is 1.00. The van der Waals surface area contributed by atoms with Crippen LogP contribution in [0.2, 0.25) is 0 Å². The van der Waals surface area contributed by atoms with Crippen molar-refractivity contribution in [1.82, 2.24) is 14.5 Å². The number of hydrogen-bond acceptors (Lipinski definition) is 7. The highest BCUT2D eigenvalue weighted by molar-refractivity contribution is 7.89. The SMILES string of the molecule is COc1ccc(S(=O)(=O)N2CCCC2c2nnc(C(=O)Nc3ccccc3F)s2)cc1. The molecule has 0 bridgehead atoms. The monoisotopic (exact) mass is 462 g/mol. The number of nitrogens with one attached hydrogen (secondary N) is 1. The fourth-order valence-corrected chi connectivity index (χ4v) is 5.97. The molecule has 4 rings (SSSR count). The molecule has 162 valence electrons. The first-order chi connectivity index (χ1) is 14.9. The molecular weight excluding hydrogens is 443 g/mol. The molecule has 0 radical (unpaired) electrons. The van der Waals surface area contributed by atoms with Gasteiger partial charge in [0.15, 0.2) is 0 Å². The van der Waals surface area contributed by atoms with Crippen molar-refractivity contribution in [3.8, 4) is 5.75 Å². The number of nitrogens with zero attached hydrogens (tertiary/aromatic N) is 3. The number of para-hydroxylation sites is 1. The zero-order chi connectivity index (χ0) is 22.0. The molecule has 0 spiro atoms. The molecule has 2 aromatic carbocycles. The van der Waals surface area contributed by atoms with Crippen LogP contribution in [0.3, 0.4) is 0 Å². The summed E-state index contributed by atoms with van der Waals surface area (Å²) < 4.78 is 46.6. The molecule has 1 unspecified atom stereocenters. The topological polar surface area (TPSA) is 101 Å². The van der Waals surface area contributed by atoms with E-state index < -0.39 is 27.8 Å². The molecule has 1 atom stereocenters. The predicted octanol–water partition coefficient (Wildman–Crippen LogP) is 3.46. The summed E-state index contributed by atoms with van der Waals surface area (Å²) in [5, 5.41) is 10.9. The molecule has 8 nitrogen and oxygen atoms in total. The van der Waals surface area contributed by atoms with Gasteiger partial charge in [-0.05, 0) is 49.2 Å². The van der Waals surface area contributed by atoms with E-state index in [1.165, 1.54) is 41.7 Å². The van der Waals surface area contributed by atoms with Gasteiger partial charge in [-0.15, -0.1) is 10.2 Å². The number of carbonyl (C=O) groups is 1. The first kappa shape index (κ1) is 21.3. The van der Waals surface area contributed by atoms with Crippen molar-refractivity contribution >= 4 is 33.0 Å². The molecule has 3 aromatic rings. The second-order valence-corrected chi connectivity index (χ2v) is 9.73. The van der Waals surface area contributed by atoms with Gasteiger partial charge in [0.25, 0.3) is 5.91 Å². The van der Waals surface area contributed by atoms with Crippen LogP contribution in [0.5, 0.6) is 5.75 Å². The highest BCUT2D eigenvalue weighted by Crippen LogP contribution is 2.38. The molecule has 0 aliphatic carbocycles. The van der Waals surface area contributed by atoms with Crippen molar-refractivity contribution in [3.05, 3.63) is 64.4 Å². The van der Waals surface area contributed by atoms with Gasteiger partial charge in [0.2, 0.25) is 15.0 Å². The van der Waals surface area contributed by atoms with Gasteiger partial charge in [-0.1, -0.05) is 23.5 Å². The average molecular weight is 463 g/mol. The van der Waals surface area contributed by atoms with Gasteiger partial charge in [0.1, 0.15) is 16.6 Å². The van der Waals surface area contributed by atoms with Gasteiger partial charge >= 0.3 is 0 Å². The number of benzene rings is 2. The number of methoxy groups -OCH3 is 1. The van der Waals surface area contributed by atoms with E-state index in [0.29, 0.717) is 30.1 Å². The van der Waals surface area contributed by atoms with E-state index in [-0.39, 0.29) is 15.6 Å². The highest BCUT2D eigenvalue weighted by Gasteiger charge is 2.38. The van der Waals surface area contributed by atoms with Gasteiger partial charge in [-0.25, -0.2) is 12.8 Å². The van der Waals surface area contributed by atoms with E-state index in [1.807, 2.05) is 0 Å². The fraction of sp³-hybridized carbons (Fsp3) is 0.250. The minimum Gasteiger partial charge on any atom is -0.497 e. The lowest BCUT2D eigenvalue weighted by atomic mass is 10.2. The molecule has 1 aliphatic rings. The minimum atomic E-state index is -3.76. The number of halogens is 1. The van der Waals surface area contributed by atoms with E-state index >= 15 is 0 Å². The maximum atomic E-state index is 13.8. The molecular formula is C20H19FN4O4S2. The largest absolute Gasteiger partial charge is 0.497 e. The maximum Gasteiger partial charge on any atom is 0.286 e. The Morgan fingerprint density at radius 1 is 1.19 bits per heavy atom. The number of hydrogen-bond donors (Lipinski definition) is 1. The zero-order valence-corrected chi connectivity index (χ0v) is 18.1. The van der Waals surface area contributed by atoms with Gasteiger partial charge < -0.3 is 10.1 Å². The Bertz CT molecular complexity index is 1200. The maximum absolute atomic E-state index is 13.8. The van der Waals surface area contributed by atoms with E-state index in [4.69, 9.17) is 4.74 Å². The molecule has 11 heteroatoms. The van der Waals surface area contributed by atoms with Crippen LogP contribution in [0.4, 0.5) is 10.1 Å². The summed E-state index contributed by atoms with van der Waals surface area (Å²) in [6.45, 7) is 0.343. The molecule has 1 fully saturated rings. The average Bonchev–Trinajstić information content (AvgIpc) is 3.45. The molecule has 2 heterocycles. The van der Waals surface area contributed by atoms with Gasteiger partial charge in [-0.2, -0.15) is 4.31 Å². The normalized spacial score (nSPS) is 16.9. The summed E-state index contributed by atoms with van der Waals surface area (Å²) in [5.74, 6) is -0.601. The van der Waals surface area contributed by atoms with Crippen molar-refractivity contribution in [2.24, 2.45) is 0 Å². The summed E-state index contributed by atoms with van der Waals surface area (Å²) in [7, 11) is -2.25. The minimum absolute atomic E-state index is 0.0342. The van der Waals surface area contributed by atoms with Crippen LogP contribution >= 0.6 is 11.3 Å². The smallest absolute Gasteiger partial charge is 0.286 e. The van der Waals surface area contributed by atoms with Crippen LogP contribution in [0.15, 0.2) is 53.4 Å². The summed E-state index contributed by atoms with van der Waals surface area (Å²) in [6, 6.07) is 11.5. The molecule has 1 amide bonds.